The van der Waals surface area contributed by atoms with Crippen molar-refractivity contribution in [3.05, 3.63) is 36.0 Å². The number of H-pyrrole nitrogens is 1. The van der Waals surface area contributed by atoms with Crippen LogP contribution in [0.15, 0.2) is 30.5 Å². The highest BCUT2D eigenvalue weighted by Crippen LogP contribution is 2.30. The standard InChI is InChI=1S/C47H77N7O9/c1-12-30(6)42(53(9)47(61)40(28(2)3)51-46(60)41(29(4)5)52(8)23-17-13-14-22-39(56)57)37(62-10)26-38(55)54-24-18-21-36(54)43(63-11)31(7)45(59)50-35(44(48)58)25-32-27-49-34-20-16-15-19-33(32)34/h15-16,19-20,27-31,35-37,40-43,49H,12-14,17-18,21-26H2,1-11H3,(H2,48,58)(H,50,59)(H,51,60)(H,56,57)/t30-,31+,35-,36-,37+,40-,41-,42-,43+/m0/s1. The van der Waals surface area contributed by atoms with Gasteiger partial charge in [-0.15, -0.1) is 0 Å². The third kappa shape index (κ3) is 14.2. The van der Waals surface area contributed by atoms with Crippen LogP contribution in [0.3, 0.4) is 0 Å². The summed E-state index contributed by atoms with van der Waals surface area (Å²) in [5, 5.41) is 15.8. The maximum atomic E-state index is 14.5. The molecule has 0 aliphatic carbocycles. The lowest BCUT2D eigenvalue weighted by Crippen LogP contribution is -2.60. The average Bonchev–Trinajstić information content (AvgIpc) is 3.89. The number of benzene rings is 1. The van der Waals surface area contributed by atoms with E-state index in [2.05, 4.69) is 15.6 Å². The lowest BCUT2D eigenvalue weighted by atomic mass is 9.89. The molecule has 354 valence electrons. The molecule has 63 heavy (non-hydrogen) atoms. The van der Waals surface area contributed by atoms with Crippen molar-refractivity contribution in [3.63, 3.8) is 0 Å². The minimum absolute atomic E-state index is 0.0314. The van der Waals surface area contributed by atoms with Crippen molar-refractivity contribution >= 4 is 46.4 Å². The van der Waals surface area contributed by atoms with Gasteiger partial charge in [0.1, 0.15) is 12.1 Å². The Hall–Kier alpha value is -4.54. The summed E-state index contributed by atoms with van der Waals surface area (Å²) >= 11 is 0. The van der Waals surface area contributed by atoms with Gasteiger partial charge in [-0.3, -0.25) is 33.7 Å². The van der Waals surface area contributed by atoms with Crippen LogP contribution in [-0.2, 0) is 44.7 Å². The first-order valence-corrected chi connectivity index (χ1v) is 22.8. The number of rotatable bonds is 27. The van der Waals surface area contributed by atoms with Crippen LogP contribution in [0.4, 0.5) is 0 Å². The molecular weight excluding hydrogens is 807 g/mol. The summed E-state index contributed by atoms with van der Waals surface area (Å²) in [6.07, 6.45) is 4.76. The monoisotopic (exact) mass is 884 g/mol. The summed E-state index contributed by atoms with van der Waals surface area (Å²) in [6, 6.07) is 4.42. The minimum atomic E-state index is -0.965. The number of hydrogen-bond acceptors (Lipinski definition) is 9. The van der Waals surface area contributed by atoms with Crippen LogP contribution in [0.2, 0.25) is 0 Å². The number of carboxylic acids is 1. The Bertz CT molecular complexity index is 1820. The van der Waals surface area contributed by atoms with Crippen LogP contribution in [0, 0.1) is 23.7 Å². The first-order valence-electron chi connectivity index (χ1n) is 22.8. The number of carbonyl (C=O) groups is 6. The van der Waals surface area contributed by atoms with E-state index in [9.17, 15) is 28.8 Å². The molecule has 1 fully saturated rings. The van der Waals surface area contributed by atoms with E-state index >= 15 is 0 Å². The Balaban J connectivity index is 1.75. The van der Waals surface area contributed by atoms with Crippen molar-refractivity contribution in [2.45, 2.75) is 149 Å². The quantitative estimate of drug-likeness (QED) is 0.0800. The minimum Gasteiger partial charge on any atom is -0.481 e. The zero-order valence-electron chi connectivity index (χ0n) is 39.6. The van der Waals surface area contributed by atoms with Gasteiger partial charge in [-0.2, -0.15) is 0 Å². The van der Waals surface area contributed by atoms with Gasteiger partial charge in [-0.05, 0) is 68.7 Å². The Morgan fingerprint density at radius 3 is 2.21 bits per heavy atom. The number of likely N-dealkylation sites (N-methyl/N-ethyl adjacent to an activating group) is 2. The van der Waals surface area contributed by atoms with E-state index in [-0.39, 0.29) is 54.7 Å². The van der Waals surface area contributed by atoms with E-state index in [1.165, 1.54) is 14.2 Å². The number of aliphatic carboxylic acids is 1. The third-order valence-electron chi connectivity index (χ3n) is 13.0. The van der Waals surface area contributed by atoms with Crippen LogP contribution in [0.1, 0.15) is 105 Å². The first-order chi connectivity index (χ1) is 29.8. The Morgan fingerprint density at radius 1 is 0.937 bits per heavy atom. The summed E-state index contributed by atoms with van der Waals surface area (Å²) in [5.74, 6) is -3.76. The summed E-state index contributed by atoms with van der Waals surface area (Å²) in [5.41, 5.74) is 7.55. The highest BCUT2D eigenvalue weighted by Gasteiger charge is 2.43. The number of methoxy groups -OCH3 is 2. The Labute approximate surface area is 374 Å². The summed E-state index contributed by atoms with van der Waals surface area (Å²) < 4.78 is 12.0. The average molecular weight is 884 g/mol. The fraction of sp³-hybridized carbons (Fsp3) is 0.702. The van der Waals surface area contributed by atoms with Crippen molar-refractivity contribution in [3.8, 4) is 0 Å². The molecule has 1 saturated heterocycles. The summed E-state index contributed by atoms with van der Waals surface area (Å²) in [6.45, 7) is 14.5. The zero-order valence-corrected chi connectivity index (χ0v) is 39.6. The molecule has 0 unspecified atom stereocenters. The normalized spacial score (nSPS) is 18.1. The SMILES string of the molecule is CC[C@H](C)[C@@H]([C@@H](CC(=O)N1CCC[C@H]1[C@H](OC)[C@@H](C)C(=O)N[C@@H](Cc1c[nH]c2ccccc12)C(N)=O)OC)N(C)C(=O)[C@@H](NC(=O)[C@H](C(C)C)N(C)CCCCCC(=O)O)C(C)C. The van der Waals surface area contributed by atoms with Crippen molar-refractivity contribution in [1.82, 2.24) is 30.3 Å². The molecule has 9 atom stereocenters. The second kappa shape index (κ2) is 25.1. The number of para-hydroxylation sites is 1. The fourth-order valence-corrected chi connectivity index (χ4v) is 9.29. The van der Waals surface area contributed by atoms with Gasteiger partial charge in [0.2, 0.25) is 29.5 Å². The lowest BCUT2D eigenvalue weighted by molar-refractivity contribution is -0.148. The van der Waals surface area contributed by atoms with Crippen molar-refractivity contribution in [1.29, 1.82) is 0 Å². The van der Waals surface area contributed by atoms with E-state index in [1.807, 2.05) is 84.0 Å². The number of aromatic amines is 1. The number of likely N-dealkylation sites (tertiary alicyclic amines) is 1. The van der Waals surface area contributed by atoms with Gasteiger partial charge in [0.05, 0.1) is 42.7 Å². The highest BCUT2D eigenvalue weighted by atomic mass is 16.5. The first kappa shape index (κ1) is 52.8. The molecule has 3 rings (SSSR count). The number of ether oxygens (including phenoxy) is 2. The zero-order chi connectivity index (χ0) is 47.1. The molecule has 6 N–H and O–H groups in total. The van der Waals surface area contributed by atoms with Gasteiger partial charge in [-0.25, -0.2) is 0 Å². The lowest BCUT2D eigenvalue weighted by Gasteiger charge is -2.41. The van der Waals surface area contributed by atoms with Crippen molar-refractivity contribution in [2.24, 2.45) is 29.4 Å². The molecule has 5 amide bonds. The molecule has 1 aliphatic heterocycles. The molecule has 2 heterocycles. The second-order valence-corrected chi connectivity index (χ2v) is 18.2. The van der Waals surface area contributed by atoms with Crippen LogP contribution < -0.4 is 16.4 Å². The molecule has 1 aliphatic rings. The highest BCUT2D eigenvalue weighted by molar-refractivity contribution is 5.91. The van der Waals surface area contributed by atoms with Gasteiger partial charge >= 0.3 is 5.97 Å². The van der Waals surface area contributed by atoms with Gasteiger partial charge in [0, 0.05) is 57.8 Å². The number of nitrogens with two attached hydrogens (primary N) is 1. The van der Waals surface area contributed by atoms with Gasteiger partial charge < -0.3 is 45.7 Å². The second-order valence-electron chi connectivity index (χ2n) is 18.2. The van der Waals surface area contributed by atoms with E-state index in [0.29, 0.717) is 38.8 Å². The number of primary amides is 1. The number of fused-ring (bicyclic) bond motifs is 1. The predicted octanol–water partition coefficient (Wildman–Crippen LogP) is 4.34. The topological polar surface area (TPSA) is 217 Å². The number of unbranched alkanes of at least 4 members (excludes halogenated alkanes) is 2. The number of aromatic nitrogens is 1. The molecule has 0 saturated carbocycles. The van der Waals surface area contributed by atoms with E-state index < -0.39 is 66.1 Å². The molecule has 16 nitrogen and oxygen atoms in total. The van der Waals surface area contributed by atoms with Crippen LogP contribution in [0.25, 0.3) is 10.9 Å². The molecule has 0 radical (unpaired) electrons. The summed E-state index contributed by atoms with van der Waals surface area (Å²) in [7, 11) is 6.63. The maximum Gasteiger partial charge on any atom is 0.303 e. The van der Waals surface area contributed by atoms with E-state index in [1.54, 1.807) is 23.8 Å². The predicted molar refractivity (Wildman–Crippen MR) is 243 cm³/mol. The fourth-order valence-electron chi connectivity index (χ4n) is 9.29. The third-order valence-corrected chi connectivity index (χ3v) is 13.0. The van der Waals surface area contributed by atoms with E-state index in [0.717, 1.165) is 29.3 Å². The van der Waals surface area contributed by atoms with E-state index in [4.69, 9.17) is 20.3 Å². The Kier molecular flexibility index (Phi) is 21.0. The number of carboxylic acid groups (broad SMARTS) is 1. The molecule has 1 aromatic carbocycles. The molecule has 16 heteroatoms. The smallest absolute Gasteiger partial charge is 0.303 e. The molecule has 0 bridgehead atoms. The maximum absolute atomic E-state index is 14.5. The van der Waals surface area contributed by atoms with Crippen LogP contribution in [0.5, 0.6) is 0 Å². The number of amides is 5. The van der Waals surface area contributed by atoms with Gasteiger partial charge in [0.15, 0.2) is 0 Å². The summed E-state index contributed by atoms with van der Waals surface area (Å²) in [4.78, 5) is 88.7. The van der Waals surface area contributed by atoms with Crippen LogP contribution in [-0.4, -0.2) is 144 Å². The van der Waals surface area contributed by atoms with Gasteiger partial charge in [-0.1, -0.05) is 79.5 Å². The van der Waals surface area contributed by atoms with Gasteiger partial charge in [0.25, 0.3) is 0 Å². The molecular formula is C47H77N7O9. The van der Waals surface area contributed by atoms with Crippen molar-refractivity contribution in [2.75, 3.05) is 41.4 Å². The largest absolute Gasteiger partial charge is 0.481 e. The molecule has 0 spiro atoms. The molecule has 2 aromatic rings. The number of carbonyl (C=O) groups excluding carboxylic acids is 5. The number of hydrogen-bond donors (Lipinski definition) is 5. The molecule has 1 aromatic heterocycles. The van der Waals surface area contributed by atoms with Crippen molar-refractivity contribution < 1.29 is 43.3 Å². The number of nitrogens with zero attached hydrogens (tertiary/aromatic N) is 3. The van der Waals surface area contributed by atoms with Crippen LogP contribution >= 0.6 is 0 Å². The number of nitrogens with one attached hydrogen (secondary N) is 3. The Morgan fingerprint density at radius 2 is 1.62 bits per heavy atom.